The number of fused-ring (bicyclic) bond motifs is 1. The van der Waals surface area contributed by atoms with Gasteiger partial charge in [-0.25, -0.2) is 15.0 Å². The minimum absolute atomic E-state index is 0.644. The number of nitrogens with zero attached hydrogens (tertiary/aromatic N) is 3. The molecule has 0 radical (unpaired) electrons. The molecular weight excluding hydrogens is 450 g/mol. The van der Waals surface area contributed by atoms with Crippen LogP contribution < -0.4 is 0 Å². The van der Waals surface area contributed by atoms with Crippen LogP contribution in [0.3, 0.4) is 0 Å². The number of hydrogen-bond acceptors (Lipinski definition) is 3. The number of hydrogen-bond donors (Lipinski definition) is 0. The second-order valence-electron chi connectivity index (χ2n) is 8.26. The van der Waals surface area contributed by atoms with Crippen LogP contribution in [0.25, 0.3) is 56.1 Å². The Morgan fingerprint density at radius 1 is 0.371 bits per heavy atom. The highest BCUT2D eigenvalue weighted by atomic mass is 35.5. The van der Waals surface area contributed by atoms with Crippen LogP contribution in [0, 0.1) is 0 Å². The van der Waals surface area contributed by atoms with Gasteiger partial charge in [-0.3, -0.25) is 0 Å². The number of benzene rings is 5. The molecule has 35 heavy (non-hydrogen) atoms. The van der Waals surface area contributed by atoms with E-state index < -0.39 is 0 Å². The summed E-state index contributed by atoms with van der Waals surface area (Å²) in [7, 11) is 0. The van der Waals surface area contributed by atoms with Crippen molar-refractivity contribution in [2.24, 2.45) is 0 Å². The molecule has 0 unspecified atom stereocenters. The summed E-state index contributed by atoms with van der Waals surface area (Å²) in [5, 5.41) is 2.94. The van der Waals surface area contributed by atoms with Gasteiger partial charge in [0.25, 0.3) is 0 Å². The molecule has 0 aliphatic carbocycles. The Morgan fingerprint density at radius 3 is 1.34 bits per heavy atom. The second kappa shape index (κ2) is 9.13. The number of rotatable bonds is 4. The molecule has 0 atom stereocenters. The van der Waals surface area contributed by atoms with E-state index in [-0.39, 0.29) is 0 Å². The van der Waals surface area contributed by atoms with Gasteiger partial charge >= 0.3 is 0 Å². The van der Waals surface area contributed by atoms with Gasteiger partial charge in [-0.2, -0.15) is 0 Å². The van der Waals surface area contributed by atoms with Gasteiger partial charge < -0.3 is 0 Å². The Morgan fingerprint density at radius 2 is 0.800 bits per heavy atom. The normalized spacial score (nSPS) is 11.0. The molecular formula is C31H20ClN3. The van der Waals surface area contributed by atoms with Crippen molar-refractivity contribution in [2.45, 2.75) is 0 Å². The van der Waals surface area contributed by atoms with E-state index in [0.29, 0.717) is 17.5 Å². The van der Waals surface area contributed by atoms with E-state index in [4.69, 9.17) is 26.6 Å². The zero-order valence-electron chi connectivity index (χ0n) is 18.8. The van der Waals surface area contributed by atoms with Crippen LogP contribution in [0.4, 0.5) is 0 Å². The van der Waals surface area contributed by atoms with E-state index in [0.717, 1.165) is 43.6 Å². The zero-order chi connectivity index (χ0) is 23.6. The van der Waals surface area contributed by atoms with Crippen molar-refractivity contribution in [1.29, 1.82) is 0 Å². The molecule has 0 saturated heterocycles. The van der Waals surface area contributed by atoms with Crippen molar-refractivity contribution in [3.63, 3.8) is 0 Å². The highest BCUT2D eigenvalue weighted by Gasteiger charge is 2.13. The standard InChI is InChI=1S/C31H20ClN3/c32-28-20-19-25(26-13-7-8-14-27(26)28)21-15-17-24(18-16-21)31-34-29(22-9-3-1-4-10-22)33-30(35-31)23-11-5-2-6-12-23/h1-20H. The Bertz CT molecular complexity index is 1570. The van der Waals surface area contributed by atoms with E-state index in [1.165, 1.54) is 0 Å². The van der Waals surface area contributed by atoms with Crippen molar-refractivity contribution in [3.8, 4) is 45.3 Å². The van der Waals surface area contributed by atoms with Gasteiger partial charge in [0, 0.05) is 27.1 Å². The van der Waals surface area contributed by atoms with Crippen LogP contribution in [0.5, 0.6) is 0 Å². The Hall–Kier alpha value is -4.34. The molecule has 6 rings (SSSR count). The maximum Gasteiger partial charge on any atom is 0.164 e. The number of aromatic nitrogens is 3. The quantitative estimate of drug-likeness (QED) is 0.260. The van der Waals surface area contributed by atoms with Gasteiger partial charge in [-0.15, -0.1) is 0 Å². The summed E-state index contributed by atoms with van der Waals surface area (Å²) in [6.45, 7) is 0. The van der Waals surface area contributed by atoms with E-state index in [9.17, 15) is 0 Å². The van der Waals surface area contributed by atoms with Crippen molar-refractivity contribution < 1.29 is 0 Å². The molecule has 1 aromatic heterocycles. The van der Waals surface area contributed by atoms with Gasteiger partial charge in [0.05, 0.1) is 0 Å². The van der Waals surface area contributed by atoms with Crippen LogP contribution in [0.1, 0.15) is 0 Å². The summed E-state index contributed by atoms with van der Waals surface area (Å²) >= 11 is 6.43. The third-order valence-corrected chi connectivity index (χ3v) is 6.35. The van der Waals surface area contributed by atoms with Crippen LogP contribution in [-0.2, 0) is 0 Å². The molecule has 3 nitrogen and oxygen atoms in total. The number of halogens is 1. The lowest BCUT2D eigenvalue weighted by Gasteiger charge is -2.10. The summed E-state index contributed by atoms with van der Waals surface area (Å²) in [6.07, 6.45) is 0. The third-order valence-electron chi connectivity index (χ3n) is 6.02. The molecule has 0 fully saturated rings. The highest BCUT2D eigenvalue weighted by Crippen LogP contribution is 2.34. The van der Waals surface area contributed by atoms with Gasteiger partial charge in [0.2, 0.25) is 0 Å². The molecule has 6 aromatic rings. The molecule has 5 aromatic carbocycles. The van der Waals surface area contributed by atoms with Crippen LogP contribution in [0.15, 0.2) is 121 Å². The Labute approximate surface area is 208 Å². The van der Waals surface area contributed by atoms with Crippen molar-refractivity contribution >= 4 is 22.4 Å². The van der Waals surface area contributed by atoms with E-state index in [1.54, 1.807) is 0 Å². The first-order valence-corrected chi connectivity index (χ1v) is 11.8. The SMILES string of the molecule is Clc1ccc(-c2ccc(-c3nc(-c4ccccc4)nc(-c4ccccc4)n3)cc2)c2ccccc12. The largest absolute Gasteiger partial charge is 0.208 e. The molecule has 0 bridgehead atoms. The molecule has 0 aliphatic heterocycles. The lowest BCUT2D eigenvalue weighted by atomic mass is 9.97. The molecule has 0 aliphatic rings. The first-order valence-electron chi connectivity index (χ1n) is 11.4. The van der Waals surface area contributed by atoms with E-state index >= 15 is 0 Å². The fourth-order valence-corrected chi connectivity index (χ4v) is 4.48. The maximum atomic E-state index is 6.43. The van der Waals surface area contributed by atoms with Crippen LogP contribution in [-0.4, -0.2) is 15.0 Å². The van der Waals surface area contributed by atoms with E-state index in [2.05, 4.69) is 42.5 Å². The fraction of sp³-hybridized carbons (Fsp3) is 0. The van der Waals surface area contributed by atoms with Crippen molar-refractivity contribution in [2.75, 3.05) is 0 Å². The highest BCUT2D eigenvalue weighted by molar-refractivity contribution is 6.36. The summed E-state index contributed by atoms with van der Waals surface area (Å²) in [5.74, 6) is 1.95. The molecule has 0 N–H and O–H groups in total. The topological polar surface area (TPSA) is 38.7 Å². The molecule has 0 saturated carbocycles. The smallest absolute Gasteiger partial charge is 0.164 e. The first-order chi connectivity index (χ1) is 17.3. The fourth-order valence-electron chi connectivity index (χ4n) is 4.25. The Kier molecular flexibility index (Phi) is 5.53. The maximum absolute atomic E-state index is 6.43. The van der Waals surface area contributed by atoms with Gasteiger partial charge in [-0.1, -0.05) is 127 Å². The third kappa shape index (κ3) is 4.18. The lowest BCUT2D eigenvalue weighted by Crippen LogP contribution is -2.00. The predicted molar refractivity (Wildman–Crippen MR) is 144 cm³/mol. The predicted octanol–water partition coefficient (Wildman–Crippen LogP) is 8.35. The molecule has 166 valence electrons. The zero-order valence-corrected chi connectivity index (χ0v) is 19.5. The van der Waals surface area contributed by atoms with Gasteiger partial charge in [0.1, 0.15) is 0 Å². The first kappa shape index (κ1) is 21.2. The van der Waals surface area contributed by atoms with Crippen molar-refractivity contribution in [1.82, 2.24) is 15.0 Å². The molecule has 1 heterocycles. The van der Waals surface area contributed by atoms with Gasteiger partial charge in [0.15, 0.2) is 17.5 Å². The lowest BCUT2D eigenvalue weighted by molar-refractivity contribution is 1.07. The molecule has 0 spiro atoms. The van der Waals surface area contributed by atoms with E-state index in [1.807, 2.05) is 78.9 Å². The van der Waals surface area contributed by atoms with Crippen LogP contribution in [0.2, 0.25) is 5.02 Å². The summed E-state index contributed by atoms with van der Waals surface area (Å²) in [5.41, 5.74) is 5.10. The molecule has 4 heteroatoms. The molecule has 0 amide bonds. The van der Waals surface area contributed by atoms with Crippen LogP contribution >= 0.6 is 11.6 Å². The Balaban J connectivity index is 1.45. The average Bonchev–Trinajstić information content (AvgIpc) is 2.94. The minimum Gasteiger partial charge on any atom is -0.208 e. The monoisotopic (exact) mass is 469 g/mol. The summed E-state index contributed by atoms with van der Waals surface area (Å²) in [6, 6.07) is 40.6. The average molecular weight is 470 g/mol. The summed E-state index contributed by atoms with van der Waals surface area (Å²) in [4.78, 5) is 14.4. The summed E-state index contributed by atoms with van der Waals surface area (Å²) < 4.78 is 0. The van der Waals surface area contributed by atoms with Crippen molar-refractivity contribution in [3.05, 3.63) is 126 Å². The van der Waals surface area contributed by atoms with Gasteiger partial charge in [-0.05, 0) is 22.6 Å². The minimum atomic E-state index is 0.644. The second-order valence-corrected chi connectivity index (χ2v) is 8.66.